The van der Waals surface area contributed by atoms with Gasteiger partial charge >= 0.3 is 29.6 Å². The molecule has 0 bridgehead atoms. The van der Waals surface area contributed by atoms with Crippen molar-refractivity contribution in [3.05, 3.63) is 29.3 Å². The molecule has 1 atom stereocenters. The number of para-hydroxylation sites is 1. The molecule has 0 heterocycles. The molecule has 0 N–H and O–H groups in total. The average Bonchev–Trinajstić information content (AvgIpc) is 2.77. The molecule has 0 aliphatic heterocycles. The van der Waals surface area contributed by atoms with Crippen LogP contribution in [-0.4, -0.2) is 24.8 Å². The van der Waals surface area contributed by atoms with E-state index < -0.39 is 22.0 Å². The third-order valence-corrected chi connectivity index (χ3v) is 7.19. The van der Waals surface area contributed by atoms with Gasteiger partial charge in [-0.15, -0.1) is 0 Å². The van der Waals surface area contributed by atoms with Crippen molar-refractivity contribution >= 4 is 10.1 Å². The van der Waals surface area contributed by atoms with E-state index in [1.807, 2.05) is 6.92 Å². The molecule has 1 unspecified atom stereocenters. The van der Waals surface area contributed by atoms with Crippen molar-refractivity contribution in [3.8, 4) is 5.75 Å². The number of unbranched alkanes of at least 4 members (excludes halogenated alkanes) is 12. The molecule has 0 spiro atoms. The van der Waals surface area contributed by atoms with E-state index in [0.29, 0.717) is 6.42 Å². The van der Waals surface area contributed by atoms with Crippen LogP contribution in [0.25, 0.3) is 0 Å². The summed E-state index contributed by atoms with van der Waals surface area (Å²) >= 11 is 0. The maximum absolute atomic E-state index is 11.4. The number of rotatable bonds is 21. The summed E-state index contributed by atoms with van der Waals surface area (Å²) in [4.78, 5) is 0. The molecule has 0 aliphatic rings. The molecule has 0 aromatic heterocycles. The first-order valence-electron chi connectivity index (χ1n) is 13.6. The van der Waals surface area contributed by atoms with Gasteiger partial charge in [-0.05, 0) is 43.2 Å². The Morgan fingerprint density at radius 3 is 1.53 bits per heavy atom. The molecular formula is C28H49NaO4S. The summed E-state index contributed by atoms with van der Waals surface area (Å²) in [6, 6.07) is 6.32. The molecule has 192 valence electrons. The number of aryl methyl sites for hydroxylation is 2. The third-order valence-electron chi connectivity index (χ3n) is 6.41. The van der Waals surface area contributed by atoms with Crippen LogP contribution in [0, 0.1) is 0 Å². The second-order valence-corrected chi connectivity index (χ2v) is 11.0. The standard InChI is InChI=1S/C28H50O4S.Na/c1-4-7-9-11-13-15-17-20-25-22-19-23-26(21-18-16-14-12-10-8-5-2)28(25)32-27(6-3)24-33(29,30)31;/h19,22-23,27H,4-18,20-21,24H2,1-3H3,(H,29,30,31);/q;+1/p-1. The van der Waals surface area contributed by atoms with Crippen molar-refractivity contribution in [2.75, 3.05) is 5.75 Å². The van der Waals surface area contributed by atoms with Gasteiger partial charge in [0.05, 0.1) is 15.9 Å². The van der Waals surface area contributed by atoms with Crippen LogP contribution in [0.4, 0.5) is 0 Å². The predicted octanol–water partition coefficient (Wildman–Crippen LogP) is 4.98. The Kier molecular flexibility index (Phi) is 21.0. The van der Waals surface area contributed by atoms with Gasteiger partial charge in [-0.25, -0.2) is 8.42 Å². The van der Waals surface area contributed by atoms with Gasteiger partial charge in [0.15, 0.2) is 0 Å². The molecule has 1 rings (SSSR count). The topological polar surface area (TPSA) is 66.4 Å². The Bertz CT molecular complexity index is 685. The summed E-state index contributed by atoms with van der Waals surface area (Å²) in [6.45, 7) is 6.36. The van der Waals surface area contributed by atoms with Crippen LogP contribution in [0.3, 0.4) is 0 Å². The zero-order valence-corrected chi connectivity index (χ0v) is 25.4. The van der Waals surface area contributed by atoms with Crippen LogP contribution >= 0.6 is 0 Å². The Morgan fingerprint density at radius 2 is 1.15 bits per heavy atom. The molecule has 6 heteroatoms. The van der Waals surface area contributed by atoms with Crippen LogP contribution in [0.2, 0.25) is 0 Å². The minimum Gasteiger partial charge on any atom is -0.748 e. The van der Waals surface area contributed by atoms with Gasteiger partial charge in [0.1, 0.15) is 11.9 Å². The molecule has 0 saturated carbocycles. The van der Waals surface area contributed by atoms with Gasteiger partial charge in [-0.3, -0.25) is 0 Å². The predicted molar refractivity (Wildman–Crippen MR) is 139 cm³/mol. The summed E-state index contributed by atoms with van der Waals surface area (Å²) in [6.07, 6.45) is 19.4. The van der Waals surface area contributed by atoms with Crippen molar-refractivity contribution < 1.29 is 47.3 Å². The second kappa shape index (κ2) is 21.1. The number of hydrogen-bond donors (Lipinski definition) is 0. The van der Waals surface area contributed by atoms with Crippen molar-refractivity contribution in [2.45, 2.75) is 136 Å². The van der Waals surface area contributed by atoms with Gasteiger partial charge in [0.2, 0.25) is 0 Å². The van der Waals surface area contributed by atoms with Crippen molar-refractivity contribution in [3.63, 3.8) is 0 Å². The van der Waals surface area contributed by atoms with Gasteiger partial charge in [0.25, 0.3) is 0 Å². The Hall–Kier alpha value is -0.0700. The monoisotopic (exact) mass is 504 g/mol. The molecule has 0 fully saturated rings. The van der Waals surface area contributed by atoms with Gasteiger partial charge in [-0.2, -0.15) is 0 Å². The number of benzene rings is 1. The van der Waals surface area contributed by atoms with E-state index >= 15 is 0 Å². The fourth-order valence-electron chi connectivity index (χ4n) is 4.36. The first-order chi connectivity index (χ1) is 15.9. The Balaban J connectivity index is 0.0000109. The van der Waals surface area contributed by atoms with Crippen LogP contribution in [0.1, 0.15) is 128 Å². The maximum atomic E-state index is 11.4. The average molecular weight is 505 g/mol. The van der Waals surface area contributed by atoms with Crippen molar-refractivity contribution in [1.29, 1.82) is 0 Å². The molecule has 0 aliphatic carbocycles. The Morgan fingerprint density at radius 1 is 0.735 bits per heavy atom. The maximum Gasteiger partial charge on any atom is 1.00 e. The zero-order valence-electron chi connectivity index (χ0n) is 22.6. The molecule has 0 amide bonds. The fourth-order valence-corrected chi connectivity index (χ4v) is 5.12. The van der Waals surface area contributed by atoms with E-state index in [0.717, 1.165) is 42.6 Å². The van der Waals surface area contributed by atoms with Crippen LogP contribution in [0.5, 0.6) is 5.75 Å². The normalized spacial score (nSPS) is 12.4. The SMILES string of the molecule is CCCCCCCCCc1cccc(CCCCCCCCC)c1OC(CC)CS(=O)(=O)[O-].[Na+]. The van der Waals surface area contributed by atoms with E-state index in [1.54, 1.807) is 0 Å². The first kappa shape index (κ1) is 33.9. The first-order valence-corrected chi connectivity index (χ1v) is 15.2. The molecule has 0 radical (unpaired) electrons. The van der Waals surface area contributed by atoms with Crippen molar-refractivity contribution in [2.24, 2.45) is 0 Å². The van der Waals surface area contributed by atoms with E-state index in [4.69, 9.17) is 4.74 Å². The minimum absolute atomic E-state index is 0. The van der Waals surface area contributed by atoms with Gasteiger partial charge in [0, 0.05) is 0 Å². The number of ether oxygens (including phenoxy) is 1. The van der Waals surface area contributed by atoms with Gasteiger partial charge in [-0.1, -0.05) is 116 Å². The van der Waals surface area contributed by atoms with Crippen molar-refractivity contribution in [1.82, 2.24) is 0 Å². The van der Waals surface area contributed by atoms with Gasteiger partial charge < -0.3 is 9.29 Å². The minimum atomic E-state index is -4.32. The largest absolute Gasteiger partial charge is 1.00 e. The van der Waals surface area contributed by atoms with E-state index in [9.17, 15) is 13.0 Å². The van der Waals surface area contributed by atoms with Crippen LogP contribution < -0.4 is 34.3 Å². The molecule has 1 aromatic carbocycles. The summed E-state index contributed by atoms with van der Waals surface area (Å²) in [7, 11) is -4.32. The summed E-state index contributed by atoms with van der Waals surface area (Å²) in [5.74, 6) is 0.372. The summed E-state index contributed by atoms with van der Waals surface area (Å²) in [5, 5.41) is 0. The van der Waals surface area contributed by atoms with E-state index in [1.165, 1.54) is 77.0 Å². The molecular weight excluding hydrogens is 455 g/mol. The molecule has 1 aromatic rings. The second-order valence-electron chi connectivity index (χ2n) is 9.52. The summed E-state index contributed by atoms with van der Waals surface area (Å²) < 4.78 is 40.3. The van der Waals surface area contributed by atoms with E-state index in [-0.39, 0.29) is 29.6 Å². The molecule has 0 saturated heterocycles. The fraction of sp³-hybridized carbons (Fsp3) is 0.786. The zero-order chi connectivity index (χ0) is 24.4. The third kappa shape index (κ3) is 16.6. The molecule has 34 heavy (non-hydrogen) atoms. The number of hydrogen-bond acceptors (Lipinski definition) is 4. The Labute approximate surface area is 233 Å². The molecule has 4 nitrogen and oxygen atoms in total. The smallest absolute Gasteiger partial charge is 0.748 e. The summed E-state index contributed by atoms with van der Waals surface area (Å²) in [5.41, 5.74) is 2.32. The quantitative estimate of drug-likeness (QED) is 0.135. The van der Waals surface area contributed by atoms with Crippen LogP contribution in [-0.2, 0) is 23.0 Å². The van der Waals surface area contributed by atoms with Crippen LogP contribution in [0.15, 0.2) is 18.2 Å². The van der Waals surface area contributed by atoms with E-state index in [2.05, 4.69) is 32.0 Å².